The maximum Gasteiger partial charge on any atom is 0.366 e. The van der Waals surface area contributed by atoms with Crippen LogP contribution in [0.15, 0.2) is 29.2 Å². The van der Waals surface area contributed by atoms with Crippen molar-refractivity contribution in [2.24, 2.45) is 7.05 Å². The predicted octanol–water partition coefficient (Wildman–Crippen LogP) is 3.04. The molecule has 2 aliphatic rings. The van der Waals surface area contributed by atoms with Gasteiger partial charge in [0, 0.05) is 27.9 Å². The summed E-state index contributed by atoms with van der Waals surface area (Å²) in [5.74, 6) is 2.10. The molecule has 5 rings (SSSR count). The highest BCUT2D eigenvalue weighted by Crippen LogP contribution is 2.43. The molecular weight excluding hydrogens is 431 g/mol. The van der Waals surface area contributed by atoms with E-state index in [-0.39, 0.29) is 5.69 Å². The second-order valence-electron chi connectivity index (χ2n) is 6.69. The van der Waals surface area contributed by atoms with E-state index in [4.69, 9.17) is 4.74 Å². The third-order valence-electron chi connectivity index (χ3n) is 5.12. The van der Waals surface area contributed by atoms with Gasteiger partial charge in [0.1, 0.15) is 18.0 Å². The highest BCUT2D eigenvalue weighted by molar-refractivity contribution is 14.1. The molecule has 1 aliphatic carbocycles. The highest BCUT2D eigenvalue weighted by Gasteiger charge is 2.32. The molecule has 0 unspecified atom stereocenters. The van der Waals surface area contributed by atoms with Crippen LogP contribution in [0.5, 0.6) is 5.75 Å². The van der Waals surface area contributed by atoms with Gasteiger partial charge in [0.05, 0.1) is 0 Å². The molecule has 1 aromatic carbocycles. The molecule has 6 nitrogen and oxygen atoms in total. The first kappa shape index (κ1) is 15.2. The molecule has 0 saturated heterocycles. The maximum atomic E-state index is 12.7. The van der Waals surface area contributed by atoms with Crippen molar-refractivity contribution in [3.63, 3.8) is 0 Å². The third kappa shape index (κ3) is 2.08. The van der Waals surface area contributed by atoms with Crippen molar-refractivity contribution in [1.29, 1.82) is 0 Å². The molecule has 0 atom stereocenters. The normalized spacial score (nSPS) is 15.6. The van der Waals surface area contributed by atoms with Crippen LogP contribution >= 0.6 is 22.6 Å². The van der Waals surface area contributed by atoms with Crippen LogP contribution in [0.1, 0.15) is 35.4 Å². The molecule has 2 aromatic heterocycles. The van der Waals surface area contributed by atoms with E-state index in [9.17, 15) is 4.79 Å². The number of pyridine rings is 1. The first-order chi connectivity index (χ1) is 12.1. The summed E-state index contributed by atoms with van der Waals surface area (Å²) in [6, 6.07) is 6.10. The Morgan fingerprint density at radius 1 is 1.28 bits per heavy atom. The van der Waals surface area contributed by atoms with E-state index in [0.717, 1.165) is 26.1 Å². The van der Waals surface area contributed by atoms with E-state index in [1.807, 2.05) is 30.0 Å². The zero-order valence-corrected chi connectivity index (χ0v) is 16.1. The predicted molar refractivity (Wildman–Crippen MR) is 102 cm³/mol. The minimum atomic E-state index is -0.0794. The lowest BCUT2D eigenvalue weighted by atomic mass is 10.1. The van der Waals surface area contributed by atoms with Crippen LogP contribution in [-0.2, 0) is 13.7 Å². The van der Waals surface area contributed by atoms with Crippen molar-refractivity contribution in [3.05, 3.63) is 55.1 Å². The van der Waals surface area contributed by atoms with Gasteiger partial charge < -0.3 is 4.74 Å². The van der Waals surface area contributed by atoms with Crippen molar-refractivity contribution in [2.75, 3.05) is 0 Å². The minimum Gasteiger partial charge on any atom is -0.488 e. The van der Waals surface area contributed by atoms with E-state index >= 15 is 0 Å². The van der Waals surface area contributed by atoms with Gasteiger partial charge in [-0.1, -0.05) is 0 Å². The van der Waals surface area contributed by atoms with Gasteiger partial charge in [-0.05, 0) is 72.0 Å². The average molecular weight is 448 g/mol. The third-order valence-corrected chi connectivity index (χ3v) is 5.99. The number of hydrogen-bond donors (Lipinski definition) is 0. The molecule has 3 heterocycles. The molecule has 3 aromatic rings. The molecule has 25 heavy (non-hydrogen) atoms. The van der Waals surface area contributed by atoms with Gasteiger partial charge in [-0.2, -0.15) is 9.48 Å². The molecule has 0 radical (unpaired) electrons. The van der Waals surface area contributed by atoms with Crippen LogP contribution < -0.4 is 10.4 Å². The monoisotopic (exact) mass is 448 g/mol. The number of fused-ring (bicyclic) bond motifs is 6. The lowest BCUT2D eigenvalue weighted by Crippen LogP contribution is -2.48. The van der Waals surface area contributed by atoms with E-state index in [2.05, 4.69) is 33.6 Å². The van der Waals surface area contributed by atoms with Crippen molar-refractivity contribution in [3.8, 4) is 17.3 Å². The van der Waals surface area contributed by atoms with E-state index in [1.54, 1.807) is 16.4 Å². The van der Waals surface area contributed by atoms with Crippen molar-refractivity contribution in [2.45, 2.75) is 32.3 Å². The summed E-state index contributed by atoms with van der Waals surface area (Å²) in [7, 11) is 1.78. The van der Waals surface area contributed by atoms with Gasteiger partial charge in [0.2, 0.25) is 0 Å². The summed E-state index contributed by atoms with van der Waals surface area (Å²) in [6.07, 6.45) is 4.19. The maximum absolute atomic E-state index is 12.7. The van der Waals surface area contributed by atoms with Crippen molar-refractivity contribution >= 4 is 22.6 Å². The molecule has 0 spiro atoms. The van der Waals surface area contributed by atoms with Gasteiger partial charge in [0.15, 0.2) is 5.82 Å². The molecule has 1 aliphatic heterocycles. The van der Waals surface area contributed by atoms with Crippen LogP contribution in [0.3, 0.4) is 0 Å². The molecule has 128 valence electrons. The van der Waals surface area contributed by atoms with Crippen molar-refractivity contribution < 1.29 is 4.74 Å². The van der Waals surface area contributed by atoms with Gasteiger partial charge in [-0.15, -0.1) is 0 Å². The highest BCUT2D eigenvalue weighted by atomic mass is 127. The fraction of sp³-hybridized carbons (Fsp3) is 0.333. The molecule has 1 saturated carbocycles. The fourth-order valence-corrected chi connectivity index (χ4v) is 4.43. The Morgan fingerprint density at radius 3 is 2.84 bits per heavy atom. The van der Waals surface area contributed by atoms with E-state index in [1.165, 1.54) is 18.4 Å². The van der Waals surface area contributed by atoms with Gasteiger partial charge in [0.25, 0.3) is 0 Å². The first-order valence-electron chi connectivity index (χ1n) is 8.35. The van der Waals surface area contributed by atoms with Crippen molar-refractivity contribution in [1.82, 2.24) is 19.1 Å². The summed E-state index contributed by atoms with van der Waals surface area (Å²) in [4.78, 5) is 19.1. The number of ether oxygens (including phenoxy) is 1. The Labute approximate surface area is 158 Å². The Bertz CT molecular complexity index is 1070. The average Bonchev–Trinajstić information content (AvgIpc) is 3.44. The van der Waals surface area contributed by atoms with Gasteiger partial charge in [-0.3, -0.25) is 0 Å². The van der Waals surface area contributed by atoms with Gasteiger partial charge >= 0.3 is 5.69 Å². The van der Waals surface area contributed by atoms with Crippen LogP contribution in [0.25, 0.3) is 11.5 Å². The molecule has 0 amide bonds. The number of halogens is 1. The Morgan fingerprint density at radius 2 is 2.08 bits per heavy atom. The summed E-state index contributed by atoms with van der Waals surface area (Å²) >= 11 is 2.30. The number of aromatic nitrogens is 4. The zero-order valence-electron chi connectivity index (χ0n) is 14.0. The molecular formula is C18H17IN4O2. The number of hydrogen-bond acceptors (Lipinski definition) is 3. The molecule has 2 bridgehead atoms. The standard InChI is InChI=1S/C18H17IN4O2/c1-10-15-6-5-14(19)16(10)23-21(2)18(24)22(23)17-13(9-25-15)12(7-8-20-17)11-3-4-11/h5-8,11H,3-4,9H2,1-2H3. The lowest BCUT2D eigenvalue weighted by molar-refractivity contribution is 0.302. The number of benzene rings is 1. The molecule has 1 fully saturated rings. The summed E-state index contributed by atoms with van der Waals surface area (Å²) in [5, 5.41) is 0. The van der Waals surface area contributed by atoms with Crippen LogP contribution in [0.2, 0.25) is 0 Å². The second kappa shape index (κ2) is 5.23. The van der Waals surface area contributed by atoms with Crippen LogP contribution in [0.4, 0.5) is 0 Å². The Hall–Kier alpha value is -2.03. The molecule has 7 heteroatoms. The minimum absolute atomic E-state index is 0.0794. The quantitative estimate of drug-likeness (QED) is 0.538. The summed E-state index contributed by atoms with van der Waals surface area (Å²) in [5.41, 5.74) is 4.19. The Kier molecular flexibility index (Phi) is 3.19. The van der Waals surface area contributed by atoms with Gasteiger partial charge in [-0.25, -0.2) is 14.5 Å². The first-order valence-corrected chi connectivity index (χ1v) is 9.43. The van der Waals surface area contributed by atoms with E-state index in [0.29, 0.717) is 18.3 Å². The van der Waals surface area contributed by atoms with Crippen LogP contribution in [0, 0.1) is 10.5 Å². The second-order valence-corrected chi connectivity index (χ2v) is 7.85. The lowest BCUT2D eigenvalue weighted by Gasteiger charge is -2.26. The van der Waals surface area contributed by atoms with Crippen LogP contribution in [-0.4, -0.2) is 19.1 Å². The largest absolute Gasteiger partial charge is 0.488 e. The topological polar surface area (TPSA) is 54.0 Å². The summed E-state index contributed by atoms with van der Waals surface area (Å²) < 4.78 is 10.5. The molecule has 0 N–H and O–H groups in total. The number of rotatable bonds is 1. The van der Waals surface area contributed by atoms with E-state index < -0.39 is 0 Å². The number of nitrogens with zero attached hydrogens (tertiary/aromatic N) is 4. The summed E-state index contributed by atoms with van der Waals surface area (Å²) in [6.45, 7) is 2.46. The Balaban J connectivity index is 1.87. The zero-order chi connectivity index (χ0) is 17.3. The SMILES string of the molecule is Cc1c2ccc(I)c1-n1n(C)c(=O)n1-c1nccc(C3CC3)c1CO2. The fourth-order valence-electron chi connectivity index (χ4n) is 3.63. The smallest absolute Gasteiger partial charge is 0.366 e.